The molecular weight excluding hydrogens is 288 g/mol. The zero-order chi connectivity index (χ0) is 16.1. The Morgan fingerprint density at radius 2 is 1.78 bits per heavy atom. The third-order valence-corrected chi connectivity index (χ3v) is 3.62. The van der Waals surface area contributed by atoms with Crippen molar-refractivity contribution in [1.29, 1.82) is 0 Å². The first-order chi connectivity index (χ1) is 11.3. The lowest BCUT2D eigenvalue weighted by Gasteiger charge is -2.08. The third-order valence-electron chi connectivity index (χ3n) is 3.62. The van der Waals surface area contributed by atoms with E-state index in [1.54, 1.807) is 25.3 Å². The molecule has 1 N–H and O–H groups in total. The minimum absolute atomic E-state index is 0.113. The maximum atomic E-state index is 12.2. The summed E-state index contributed by atoms with van der Waals surface area (Å²) in [7, 11) is 1.59. The molecule has 0 atom stereocenters. The molecule has 0 saturated carbocycles. The van der Waals surface area contributed by atoms with Crippen LogP contribution >= 0.6 is 0 Å². The number of methoxy groups -OCH3 is 1. The Bertz CT molecular complexity index is 777. The second-order valence-corrected chi connectivity index (χ2v) is 5.17. The van der Waals surface area contributed by atoms with Crippen LogP contribution in [0.3, 0.4) is 0 Å². The molecule has 0 aliphatic heterocycles. The molecule has 4 nitrogen and oxygen atoms in total. The van der Waals surface area contributed by atoms with Crippen LogP contribution in [0.1, 0.15) is 15.9 Å². The lowest BCUT2D eigenvalue weighted by molar-refractivity contribution is 0.0950. The first-order valence-corrected chi connectivity index (χ1v) is 7.41. The summed E-state index contributed by atoms with van der Waals surface area (Å²) >= 11 is 0. The monoisotopic (exact) mass is 306 g/mol. The Morgan fingerprint density at radius 3 is 2.48 bits per heavy atom. The van der Waals surface area contributed by atoms with Crippen LogP contribution in [0.15, 0.2) is 73.1 Å². The predicted molar refractivity (Wildman–Crippen MR) is 89.9 cm³/mol. The molecule has 0 radical (unpaired) electrons. The van der Waals surface area contributed by atoms with E-state index in [-0.39, 0.29) is 5.91 Å². The van der Waals surface area contributed by atoms with Gasteiger partial charge in [-0.25, -0.2) is 0 Å². The highest BCUT2D eigenvalue weighted by Gasteiger charge is 2.06. The molecule has 23 heavy (non-hydrogen) atoms. The van der Waals surface area contributed by atoms with Gasteiger partial charge in [-0.15, -0.1) is 0 Å². The number of ether oxygens (including phenoxy) is 1. The summed E-state index contributed by atoms with van der Waals surface area (Å²) in [6.45, 7) is 0.488. The van der Waals surface area contributed by atoms with Gasteiger partial charge in [0, 0.05) is 30.2 Å². The molecule has 0 saturated heterocycles. The van der Waals surface area contributed by atoms with Crippen molar-refractivity contribution in [2.45, 2.75) is 6.54 Å². The van der Waals surface area contributed by atoms with Crippen LogP contribution in [0, 0.1) is 0 Å². The van der Waals surface area contributed by atoms with E-state index in [0.717, 1.165) is 11.3 Å². The molecule has 3 rings (SSSR count). The summed E-state index contributed by atoms with van der Waals surface area (Å²) in [6.07, 6.45) is 4.00. The van der Waals surface area contributed by atoms with Gasteiger partial charge in [0.15, 0.2) is 0 Å². The molecule has 0 aliphatic rings. The molecule has 3 aromatic rings. The summed E-state index contributed by atoms with van der Waals surface area (Å²) in [6, 6.07) is 19.2. The fourth-order valence-electron chi connectivity index (χ4n) is 2.34. The number of benzene rings is 2. The lowest BCUT2D eigenvalue weighted by Crippen LogP contribution is -2.22. The van der Waals surface area contributed by atoms with Crippen molar-refractivity contribution in [2.75, 3.05) is 7.11 Å². The van der Waals surface area contributed by atoms with Crippen molar-refractivity contribution in [1.82, 2.24) is 9.88 Å². The Labute approximate surface area is 135 Å². The predicted octanol–water partition coefficient (Wildman–Crippen LogP) is 3.42. The highest BCUT2D eigenvalue weighted by molar-refractivity contribution is 5.94. The average molecular weight is 306 g/mol. The van der Waals surface area contributed by atoms with Gasteiger partial charge < -0.3 is 14.6 Å². The van der Waals surface area contributed by atoms with Gasteiger partial charge >= 0.3 is 0 Å². The van der Waals surface area contributed by atoms with E-state index in [9.17, 15) is 4.79 Å². The third kappa shape index (κ3) is 3.61. The first kappa shape index (κ1) is 14.9. The van der Waals surface area contributed by atoms with Crippen LogP contribution in [0.25, 0.3) is 5.69 Å². The molecular formula is C19H18N2O2. The second-order valence-electron chi connectivity index (χ2n) is 5.17. The Balaban J connectivity index is 1.62. The molecule has 1 heterocycles. The number of rotatable bonds is 5. The molecule has 0 fully saturated rings. The van der Waals surface area contributed by atoms with Crippen molar-refractivity contribution in [3.63, 3.8) is 0 Å². The van der Waals surface area contributed by atoms with Gasteiger partial charge in [-0.1, -0.05) is 18.2 Å². The fourth-order valence-corrected chi connectivity index (χ4v) is 2.34. The molecule has 4 heteroatoms. The Morgan fingerprint density at radius 1 is 1.04 bits per heavy atom. The van der Waals surface area contributed by atoms with Crippen LogP contribution < -0.4 is 10.1 Å². The second kappa shape index (κ2) is 6.83. The normalized spacial score (nSPS) is 10.3. The van der Waals surface area contributed by atoms with E-state index in [1.165, 1.54) is 0 Å². The number of amides is 1. The first-order valence-electron chi connectivity index (χ1n) is 7.41. The van der Waals surface area contributed by atoms with Crippen LogP contribution in [0.5, 0.6) is 5.75 Å². The van der Waals surface area contributed by atoms with Crippen LogP contribution in [-0.4, -0.2) is 17.6 Å². The molecule has 0 aliphatic carbocycles. The maximum Gasteiger partial charge on any atom is 0.251 e. The van der Waals surface area contributed by atoms with Gasteiger partial charge in [0.1, 0.15) is 5.75 Å². The minimum atomic E-state index is -0.113. The minimum Gasteiger partial charge on any atom is -0.497 e. The summed E-state index contributed by atoms with van der Waals surface area (Å²) in [5.41, 5.74) is 2.74. The van der Waals surface area contributed by atoms with Crippen molar-refractivity contribution in [3.05, 3.63) is 84.2 Å². The summed E-state index contributed by atoms with van der Waals surface area (Å²) in [5.74, 6) is 0.562. The van der Waals surface area contributed by atoms with E-state index in [1.807, 2.05) is 59.4 Å². The number of aromatic nitrogens is 1. The summed E-state index contributed by atoms with van der Waals surface area (Å²) < 4.78 is 7.17. The average Bonchev–Trinajstić information content (AvgIpc) is 3.15. The molecule has 0 bridgehead atoms. The number of hydrogen-bond donors (Lipinski definition) is 1. The number of hydrogen-bond acceptors (Lipinski definition) is 2. The SMILES string of the molecule is COc1cccc(C(=O)NCc2ccc(-n3cccc3)cc2)c1. The topological polar surface area (TPSA) is 43.3 Å². The number of nitrogens with one attached hydrogen (secondary N) is 1. The largest absolute Gasteiger partial charge is 0.497 e. The standard InChI is InChI=1S/C19H18N2O2/c1-23-18-6-4-5-16(13-18)19(22)20-14-15-7-9-17(10-8-15)21-11-2-3-12-21/h2-13H,14H2,1H3,(H,20,22). The van der Waals surface area contributed by atoms with Gasteiger partial charge in [-0.3, -0.25) is 4.79 Å². The van der Waals surface area contributed by atoms with Crippen molar-refractivity contribution >= 4 is 5.91 Å². The van der Waals surface area contributed by atoms with E-state index in [2.05, 4.69) is 5.32 Å². The zero-order valence-electron chi connectivity index (χ0n) is 12.9. The van der Waals surface area contributed by atoms with Gasteiger partial charge in [-0.05, 0) is 48.0 Å². The molecule has 1 aromatic heterocycles. The zero-order valence-corrected chi connectivity index (χ0v) is 12.9. The van der Waals surface area contributed by atoms with Gasteiger partial charge in [0.2, 0.25) is 0 Å². The maximum absolute atomic E-state index is 12.2. The van der Waals surface area contributed by atoms with E-state index >= 15 is 0 Å². The molecule has 0 unspecified atom stereocenters. The van der Waals surface area contributed by atoms with Crippen molar-refractivity contribution in [2.24, 2.45) is 0 Å². The summed E-state index contributed by atoms with van der Waals surface area (Å²) in [4.78, 5) is 12.2. The Kier molecular flexibility index (Phi) is 4.43. The molecule has 116 valence electrons. The molecule has 0 spiro atoms. The van der Waals surface area contributed by atoms with Gasteiger partial charge in [-0.2, -0.15) is 0 Å². The number of carbonyl (C=O) groups excluding carboxylic acids is 1. The van der Waals surface area contributed by atoms with E-state index in [4.69, 9.17) is 4.74 Å². The molecule has 1 amide bonds. The Hall–Kier alpha value is -3.01. The van der Waals surface area contributed by atoms with Gasteiger partial charge in [0.25, 0.3) is 5.91 Å². The van der Waals surface area contributed by atoms with E-state index in [0.29, 0.717) is 17.9 Å². The van der Waals surface area contributed by atoms with Gasteiger partial charge in [0.05, 0.1) is 7.11 Å². The quantitative estimate of drug-likeness (QED) is 0.785. The highest BCUT2D eigenvalue weighted by atomic mass is 16.5. The lowest BCUT2D eigenvalue weighted by atomic mass is 10.1. The summed E-state index contributed by atoms with van der Waals surface area (Å²) in [5, 5.41) is 2.92. The smallest absolute Gasteiger partial charge is 0.251 e. The highest BCUT2D eigenvalue weighted by Crippen LogP contribution is 2.13. The van der Waals surface area contributed by atoms with Crippen molar-refractivity contribution < 1.29 is 9.53 Å². The number of carbonyl (C=O) groups is 1. The van der Waals surface area contributed by atoms with Crippen LogP contribution in [-0.2, 0) is 6.54 Å². The number of nitrogens with zero attached hydrogens (tertiary/aromatic N) is 1. The van der Waals surface area contributed by atoms with Crippen molar-refractivity contribution in [3.8, 4) is 11.4 Å². The van der Waals surface area contributed by atoms with Crippen LogP contribution in [0.4, 0.5) is 0 Å². The van der Waals surface area contributed by atoms with Crippen LogP contribution in [0.2, 0.25) is 0 Å². The fraction of sp³-hybridized carbons (Fsp3) is 0.105. The molecule has 2 aromatic carbocycles. The van der Waals surface area contributed by atoms with E-state index < -0.39 is 0 Å².